The summed E-state index contributed by atoms with van der Waals surface area (Å²) in [5, 5.41) is 8.90. The van der Waals surface area contributed by atoms with E-state index in [0.29, 0.717) is 0 Å². The first-order valence-corrected chi connectivity index (χ1v) is 5.53. The Kier molecular flexibility index (Phi) is 2.16. The van der Waals surface area contributed by atoms with E-state index in [2.05, 4.69) is 48.0 Å². The average Bonchev–Trinajstić information content (AvgIpc) is 2.83. The second kappa shape index (κ2) is 3.10. The normalized spacial score (nSPS) is 29.7. The highest BCUT2D eigenvalue weighted by Gasteiger charge is 2.52. The van der Waals surface area contributed by atoms with Crippen LogP contribution in [0.5, 0.6) is 0 Å². The van der Waals surface area contributed by atoms with Crippen molar-refractivity contribution in [1.29, 1.82) is 5.26 Å². The molecule has 14 heavy (non-hydrogen) atoms. The maximum Gasteiger partial charge on any atom is 0.0665 e. The van der Waals surface area contributed by atoms with Gasteiger partial charge in [-0.1, -0.05) is 28.9 Å². The molecule has 72 valence electrons. The van der Waals surface area contributed by atoms with E-state index < -0.39 is 0 Å². The third-order valence-corrected chi connectivity index (χ3v) is 3.70. The molecule has 0 spiro atoms. The SMILES string of the molecule is Cc1ccc(Br)cc1C1(C)CC1C#N. The fourth-order valence-electron chi connectivity index (χ4n) is 2.06. The molecule has 0 saturated heterocycles. The smallest absolute Gasteiger partial charge is 0.0665 e. The van der Waals surface area contributed by atoms with E-state index in [1.165, 1.54) is 11.1 Å². The Balaban J connectivity index is 2.44. The van der Waals surface area contributed by atoms with E-state index in [-0.39, 0.29) is 11.3 Å². The predicted octanol–water partition coefficient (Wildman–Crippen LogP) is 3.56. The molecule has 1 nitrogen and oxygen atoms in total. The molecule has 0 aliphatic heterocycles. The molecule has 1 aromatic rings. The highest BCUT2D eigenvalue weighted by Crippen LogP contribution is 2.54. The molecule has 0 N–H and O–H groups in total. The maximum atomic E-state index is 8.90. The van der Waals surface area contributed by atoms with Crippen molar-refractivity contribution in [3.63, 3.8) is 0 Å². The van der Waals surface area contributed by atoms with Gasteiger partial charge in [0.1, 0.15) is 0 Å². The van der Waals surface area contributed by atoms with Gasteiger partial charge in [-0.15, -0.1) is 0 Å². The van der Waals surface area contributed by atoms with Gasteiger partial charge in [0.05, 0.1) is 12.0 Å². The number of nitrogens with zero attached hydrogens (tertiary/aromatic N) is 1. The van der Waals surface area contributed by atoms with Gasteiger partial charge in [0.15, 0.2) is 0 Å². The highest BCUT2D eigenvalue weighted by atomic mass is 79.9. The standard InChI is InChI=1S/C12H12BrN/c1-8-3-4-10(13)5-11(8)12(2)6-9(12)7-14/h3-5,9H,6H2,1-2H3. The van der Waals surface area contributed by atoms with Gasteiger partial charge in [-0.05, 0) is 36.6 Å². The molecule has 0 radical (unpaired) electrons. The summed E-state index contributed by atoms with van der Waals surface area (Å²) >= 11 is 3.48. The van der Waals surface area contributed by atoms with Gasteiger partial charge in [0.25, 0.3) is 0 Å². The first-order valence-electron chi connectivity index (χ1n) is 4.74. The van der Waals surface area contributed by atoms with Crippen molar-refractivity contribution in [2.75, 3.05) is 0 Å². The lowest BCUT2D eigenvalue weighted by atomic mass is 9.92. The van der Waals surface area contributed by atoms with Gasteiger partial charge in [0.2, 0.25) is 0 Å². The number of benzene rings is 1. The number of hydrogen-bond acceptors (Lipinski definition) is 1. The predicted molar refractivity (Wildman–Crippen MR) is 60.0 cm³/mol. The van der Waals surface area contributed by atoms with Gasteiger partial charge in [-0.3, -0.25) is 0 Å². The Morgan fingerprint density at radius 3 is 2.86 bits per heavy atom. The summed E-state index contributed by atoms with van der Waals surface area (Å²) in [4.78, 5) is 0. The van der Waals surface area contributed by atoms with E-state index in [0.717, 1.165) is 10.9 Å². The van der Waals surface area contributed by atoms with Crippen LogP contribution in [0.2, 0.25) is 0 Å². The van der Waals surface area contributed by atoms with Crippen LogP contribution < -0.4 is 0 Å². The molecule has 2 atom stereocenters. The average molecular weight is 250 g/mol. The molecule has 0 aromatic heterocycles. The molecule has 0 amide bonds. The summed E-state index contributed by atoms with van der Waals surface area (Å²) in [5.74, 6) is 0.204. The number of nitriles is 1. The summed E-state index contributed by atoms with van der Waals surface area (Å²) in [7, 11) is 0. The van der Waals surface area contributed by atoms with Crippen molar-refractivity contribution in [3.8, 4) is 6.07 Å². The monoisotopic (exact) mass is 249 g/mol. The summed E-state index contributed by atoms with van der Waals surface area (Å²) < 4.78 is 1.10. The second-order valence-corrected chi connectivity index (χ2v) is 5.18. The lowest BCUT2D eigenvalue weighted by molar-refractivity contribution is 0.734. The zero-order valence-electron chi connectivity index (χ0n) is 8.34. The third kappa shape index (κ3) is 1.36. The van der Waals surface area contributed by atoms with Gasteiger partial charge in [-0.2, -0.15) is 5.26 Å². The van der Waals surface area contributed by atoms with Crippen LogP contribution in [0.15, 0.2) is 22.7 Å². The van der Waals surface area contributed by atoms with Crippen LogP contribution in [0.1, 0.15) is 24.5 Å². The quantitative estimate of drug-likeness (QED) is 0.747. The number of halogens is 1. The molecule has 2 rings (SSSR count). The molecule has 1 fully saturated rings. The fourth-order valence-corrected chi connectivity index (χ4v) is 2.42. The molecule has 2 heteroatoms. The lowest BCUT2D eigenvalue weighted by Crippen LogP contribution is -2.05. The second-order valence-electron chi connectivity index (χ2n) is 4.26. The van der Waals surface area contributed by atoms with Crippen LogP contribution in [-0.2, 0) is 5.41 Å². The minimum Gasteiger partial charge on any atom is -0.198 e. The highest BCUT2D eigenvalue weighted by molar-refractivity contribution is 9.10. The molecular weight excluding hydrogens is 238 g/mol. The Morgan fingerprint density at radius 1 is 1.57 bits per heavy atom. The first-order chi connectivity index (χ1) is 6.58. The zero-order chi connectivity index (χ0) is 10.3. The van der Waals surface area contributed by atoms with E-state index in [4.69, 9.17) is 5.26 Å². The molecule has 1 aliphatic carbocycles. The zero-order valence-corrected chi connectivity index (χ0v) is 9.93. The Morgan fingerprint density at radius 2 is 2.29 bits per heavy atom. The van der Waals surface area contributed by atoms with E-state index in [1.807, 2.05) is 6.07 Å². The minimum atomic E-state index is 0.0998. The third-order valence-electron chi connectivity index (χ3n) is 3.21. The van der Waals surface area contributed by atoms with E-state index in [9.17, 15) is 0 Å². The summed E-state index contributed by atoms with van der Waals surface area (Å²) in [5.41, 5.74) is 2.70. The van der Waals surface area contributed by atoms with E-state index in [1.54, 1.807) is 0 Å². The molecular formula is C12H12BrN. The molecule has 1 saturated carbocycles. The van der Waals surface area contributed by atoms with Crippen molar-refractivity contribution in [3.05, 3.63) is 33.8 Å². The first kappa shape index (κ1) is 9.73. The molecule has 1 aliphatic rings. The van der Waals surface area contributed by atoms with Crippen LogP contribution in [0, 0.1) is 24.2 Å². The van der Waals surface area contributed by atoms with Crippen LogP contribution >= 0.6 is 15.9 Å². The summed E-state index contributed by atoms with van der Waals surface area (Å²) in [6.07, 6.45) is 1.00. The fraction of sp³-hybridized carbons (Fsp3) is 0.417. The largest absolute Gasteiger partial charge is 0.198 e. The van der Waals surface area contributed by atoms with Gasteiger partial charge < -0.3 is 0 Å². The maximum absolute atomic E-state index is 8.90. The lowest BCUT2D eigenvalue weighted by Gasteiger charge is -2.13. The van der Waals surface area contributed by atoms with Crippen molar-refractivity contribution < 1.29 is 0 Å². The van der Waals surface area contributed by atoms with Crippen LogP contribution in [-0.4, -0.2) is 0 Å². The van der Waals surface area contributed by atoms with Gasteiger partial charge >= 0.3 is 0 Å². The number of hydrogen-bond donors (Lipinski definition) is 0. The molecule has 0 heterocycles. The summed E-state index contributed by atoms with van der Waals surface area (Å²) in [6.45, 7) is 4.29. The minimum absolute atomic E-state index is 0.0998. The Hall–Kier alpha value is -0.810. The van der Waals surface area contributed by atoms with Gasteiger partial charge in [0, 0.05) is 9.89 Å². The van der Waals surface area contributed by atoms with E-state index >= 15 is 0 Å². The van der Waals surface area contributed by atoms with Crippen LogP contribution in [0.3, 0.4) is 0 Å². The van der Waals surface area contributed by atoms with Crippen LogP contribution in [0.4, 0.5) is 0 Å². The number of aryl methyl sites for hydroxylation is 1. The Bertz CT molecular complexity index is 419. The summed E-state index contributed by atoms with van der Waals surface area (Å²) in [6, 6.07) is 8.66. The van der Waals surface area contributed by atoms with Crippen molar-refractivity contribution >= 4 is 15.9 Å². The molecule has 1 aromatic carbocycles. The van der Waals surface area contributed by atoms with Crippen LogP contribution in [0.25, 0.3) is 0 Å². The molecule has 2 unspecified atom stereocenters. The topological polar surface area (TPSA) is 23.8 Å². The molecule has 0 bridgehead atoms. The number of rotatable bonds is 1. The van der Waals surface area contributed by atoms with Crippen molar-refractivity contribution in [1.82, 2.24) is 0 Å². The Labute approximate surface area is 92.9 Å². The van der Waals surface area contributed by atoms with Gasteiger partial charge in [-0.25, -0.2) is 0 Å². The van der Waals surface area contributed by atoms with Crippen molar-refractivity contribution in [2.24, 2.45) is 5.92 Å². The van der Waals surface area contributed by atoms with Crippen molar-refractivity contribution in [2.45, 2.75) is 25.7 Å².